The fraction of sp³-hybridized carbons (Fsp3) is 1.00. The second-order valence-corrected chi connectivity index (χ2v) is 5.45. The third-order valence-corrected chi connectivity index (χ3v) is 4.28. The summed E-state index contributed by atoms with van der Waals surface area (Å²) in [7, 11) is 0. The van der Waals surface area contributed by atoms with Gasteiger partial charge in [0.2, 0.25) is 0 Å². The van der Waals surface area contributed by atoms with Crippen LogP contribution in [0, 0.1) is 17.8 Å². The maximum absolute atomic E-state index is 10.2. The molecule has 1 rings (SSSR count). The van der Waals surface area contributed by atoms with Gasteiger partial charge in [-0.25, -0.2) is 0 Å². The van der Waals surface area contributed by atoms with Gasteiger partial charge in [-0.3, -0.25) is 0 Å². The Balaban J connectivity index is 2.32. The molecular weight excluding hydrogens is 184 g/mol. The number of rotatable bonds is 5. The Bertz CT molecular complexity index is 159. The van der Waals surface area contributed by atoms with Crippen molar-refractivity contribution >= 4 is 0 Å². The third kappa shape index (κ3) is 3.79. The molecule has 15 heavy (non-hydrogen) atoms. The first-order chi connectivity index (χ1) is 7.19. The summed E-state index contributed by atoms with van der Waals surface area (Å²) < 4.78 is 0. The van der Waals surface area contributed by atoms with Crippen molar-refractivity contribution in [3.63, 3.8) is 0 Å². The minimum atomic E-state index is -0.0391. The maximum atomic E-state index is 10.2. The molecule has 1 nitrogen and oxygen atoms in total. The normalized spacial score (nSPS) is 31.2. The lowest BCUT2D eigenvalue weighted by atomic mass is 9.75. The average Bonchev–Trinajstić information content (AvgIpc) is 2.28. The molecule has 1 N–H and O–H groups in total. The lowest BCUT2D eigenvalue weighted by Gasteiger charge is -2.33. The molecule has 0 spiro atoms. The molecule has 1 aliphatic carbocycles. The summed E-state index contributed by atoms with van der Waals surface area (Å²) in [6, 6.07) is 0. The third-order valence-electron chi connectivity index (χ3n) is 4.28. The van der Waals surface area contributed by atoms with Crippen LogP contribution in [0.1, 0.15) is 65.7 Å². The molecule has 90 valence electrons. The molecule has 0 aromatic heterocycles. The van der Waals surface area contributed by atoms with Crippen molar-refractivity contribution < 1.29 is 5.11 Å². The number of aliphatic hydroxyl groups is 1. The summed E-state index contributed by atoms with van der Waals surface area (Å²) in [6.45, 7) is 6.71. The first-order valence-corrected chi connectivity index (χ1v) is 6.87. The summed E-state index contributed by atoms with van der Waals surface area (Å²) in [5.74, 6) is 2.03. The zero-order chi connectivity index (χ0) is 11.3. The molecule has 0 aromatic rings. The molecule has 1 saturated carbocycles. The fourth-order valence-electron chi connectivity index (χ4n) is 3.03. The molecule has 1 heteroatoms. The first-order valence-electron chi connectivity index (χ1n) is 6.87. The summed E-state index contributed by atoms with van der Waals surface area (Å²) in [5.41, 5.74) is 0. The Labute approximate surface area is 95.3 Å². The predicted molar refractivity (Wildman–Crippen MR) is 65.8 cm³/mol. The van der Waals surface area contributed by atoms with Crippen molar-refractivity contribution in [3.8, 4) is 0 Å². The van der Waals surface area contributed by atoms with Crippen LogP contribution < -0.4 is 0 Å². The monoisotopic (exact) mass is 212 g/mol. The van der Waals surface area contributed by atoms with Crippen LogP contribution >= 0.6 is 0 Å². The highest BCUT2D eigenvalue weighted by Gasteiger charge is 2.28. The fourth-order valence-corrected chi connectivity index (χ4v) is 3.03. The second-order valence-electron chi connectivity index (χ2n) is 5.45. The van der Waals surface area contributed by atoms with Gasteiger partial charge < -0.3 is 5.11 Å². The highest BCUT2D eigenvalue weighted by Crippen LogP contribution is 2.35. The molecule has 0 aliphatic heterocycles. The Kier molecular flexibility index (Phi) is 5.66. The van der Waals surface area contributed by atoms with Crippen molar-refractivity contribution in [1.29, 1.82) is 0 Å². The van der Waals surface area contributed by atoms with Gasteiger partial charge >= 0.3 is 0 Å². The SMILES string of the molecule is CCCC(C)C(O)C1CCC(CC)CC1. The van der Waals surface area contributed by atoms with Crippen LogP contribution in [-0.2, 0) is 0 Å². The lowest BCUT2D eigenvalue weighted by molar-refractivity contribution is 0.0286. The molecule has 1 aliphatic rings. The lowest BCUT2D eigenvalue weighted by Crippen LogP contribution is -2.30. The molecule has 0 radical (unpaired) electrons. The Morgan fingerprint density at radius 3 is 2.20 bits per heavy atom. The molecule has 2 unspecified atom stereocenters. The molecular formula is C14H28O. The van der Waals surface area contributed by atoms with Crippen molar-refractivity contribution in [2.45, 2.75) is 71.8 Å². The van der Waals surface area contributed by atoms with Crippen molar-refractivity contribution in [1.82, 2.24) is 0 Å². The standard InChI is InChI=1S/C14H28O/c1-4-6-11(3)14(15)13-9-7-12(5-2)8-10-13/h11-15H,4-10H2,1-3H3. The van der Waals surface area contributed by atoms with Crippen LogP contribution in [0.15, 0.2) is 0 Å². The molecule has 1 fully saturated rings. The van der Waals surface area contributed by atoms with E-state index < -0.39 is 0 Å². The van der Waals surface area contributed by atoms with E-state index in [2.05, 4.69) is 20.8 Å². The van der Waals surface area contributed by atoms with Gasteiger partial charge in [0, 0.05) is 0 Å². The minimum Gasteiger partial charge on any atom is -0.393 e. The van der Waals surface area contributed by atoms with E-state index in [4.69, 9.17) is 0 Å². The smallest absolute Gasteiger partial charge is 0.0593 e. The molecule has 0 amide bonds. The zero-order valence-corrected chi connectivity index (χ0v) is 10.7. The van der Waals surface area contributed by atoms with Crippen LogP contribution in [0.4, 0.5) is 0 Å². The number of hydrogen-bond acceptors (Lipinski definition) is 1. The van der Waals surface area contributed by atoms with Crippen LogP contribution in [0.5, 0.6) is 0 Å². The average molecular weight is 212 g/mol. The van der Waals surface area contributed by atoms with Gasteiger partial charge in [0.05, 0.1) is 6.10 Å². The zero-order valence-electron chi connectivity index (χ0n) is 10.7. The number of hydrogen-bond donors (Lipinski definition) is 1. The minimum absolute atomic E-state index is 0.0391. The van der Waals surface area contributed by atoms with Gasteiger partial charge in [0.15, 0.2) is 0 Å². The molecule has 0 saturated heterocycles. The molecule has 0 heterocycles. The highest BCUT2D eigenvalue weighted by atomic mass is 16.3. The Hall–Kier alpha value is -0.0400. The van der Waals surface area contributed by atoms with E-state index in [1.165, 1.54) is 44.9 Å². The van der Waals surface area contributed by atoms with Crippen molar-refractivity contribution in [2.24, 2.45) is 17.8 Å². The van der Waals surface area contributed by atoms with Gasteiger partial charge in [-0.15, -0.1) is 0 Å². The largest absolute Gasteiger partial charge is 0.393 e. The summed E-state index contributed by atoms with van der Waals surface area (Å²) in [4.78, 5) is 0. The topological polar surface area (TPSA) is 20.2 Å². The van der Waals surface area contributed by atoms with E-state index in [0.717, 1.165) is 5.92 Å². The van der Waals surface area contributed by atoms with Crippen LogP contribution in [0.3, 0.4) is 0 Å². The quantitative estimate of drug-likeness (QED) is 0.730. The van der Waals surface area contributed by atoms with Crippen LogP contribution in [0.25, 0.3) is 0 Å². The van der Waals surface area contributed by atoms with Crippen LogP contribution in [-0.4, -0.2) is 11.2 Å². The first kappa shape index (κ1) is 13.0. The summed E-state index contributed by atoms with van der Waals surface area (Å²) in [5, 5.41) is 10.2. The molecule has 2 atom stereocenters. The maximum Gasteiger partial charge on any atom is 0.0593 e. The van der Waals surface area contributed by atoms with Crippen molar-refractivity contribution in [3.05, 3.63) is 0 Å². The van der Waals surface area contributed by atoms with Gasteiger partial charge in [-0.05, 0) is 37.0 Å². The van der Waals surface area contributed by atoms with Gasteiger partial charge in [-0.2, -0.15) is 0 Å². The Morgan fingerprint density at radius 1 is 1.13 bits per heavy atom. The van der Waals surface area contributed by atoms with Gasteiger partial charge in [0.1, 0.15) is 0 Å². The summed E-state index contributed by atoms with van der Waals surface area (Å²) in [6.07, 6.45) is 8.86. The highest BCUT2D eigenvalue weighted by molar-refractivity contribution is 4.79. The van der Waals surface area contributed by atoms with Crippen molar-refractivity contribution in [2.75, 3.05) is 0 Å². The predicted octanol–water partition coefficient (Wildman–Crippen LogP) is 4.00. The van der Waals surface area contributed by atoms with E-state index in [9.17, 15) is 5.11 Å². The van der Waals surface area contributed by atoms with E-state index in [-0.39, 0.29) is 6.10 Å². The van der Waals surface area contributed by atoms with E-state index in [0.29, 0.717) is 11.8 Å². The van der Waals surface area contributed by atoms with E-state index in [1.54, 1.807) is 0 Å². The van der Waals surface area contributed by atoms with Crippen LogP contribution in [0.2, 0.25) is 0 Å². The Morgan fingerprint density at radius 2 is 1.73 bits per heavy atom. The second kappa shape index (κ2) is 6.52. The molecule has 0 aromatic carbocycles. The van der Waals surface area contributed by atoms with Gasteiger partial charge in [0.25, 0.3) is 0 Å². The number of aliphatic hydroxyl groups excluding tert-OH is 1. The molecule has 0 bridgehead atoms. The van der Waals surface area contributed by atoms with Gasteiger partial charge in [-0.1, -0.05) is 46.5 Å². The van der Waals surface area contributed by atoms with E-state index >= 15 is 0 Å². The van der Waals surface area contributed by atoms with E-state index in [1.807, 2.05) is 0 Å². The summed E-state index contributed by atoms with van der Waals surface area (Å²) >= 11 is 0.